The summed E-state index contributed by atoms with van der Waals surface area (Å²) in [5.74, 6) is 0.438. The largest absolute Gasteiger partial charge is 0.507 e. The molecule has 0 radical (unpaired) electrons. The van der Waals surface area contributed by atoms with Gasteiger partial charge in [-0.15, -0.1) is 0 Å². The fourth-order valence-corrected chi connectivity index (χ4v) is 2.67. The van der Waals surface area contributed by atoms with E-state index in [1.54, 1.807) is 0 Å². The van der Waals surface area contributed by atoms with E-state index in [4.69, 9.17) is 0 Å². The average molecular weight is 284 g/mol. The second kappa shape index (κ2) is 5.36. The van der Waals surface area contributed by atoms with E-state index < -0.39 is 0 Å². The zero-order valence-electron chi connectivity index (χ0n) is 14.2. The molecule has 0 saturated heterocycles. The van der Waals surface area contributed by atoms with Crippen LogP contribution < -0.4 is 0 Å². The molecule has 2 rings (SSSR count). The van der Waals surface area contributed by atoms with E-state index in [-0.39, 0.29) is 10.8 Å². The maximum atomic E-state index is 10.8. The van der Waals surface area contributed by atoms with E-state index in [2.05, 4.69) is 71.9 Å². The van der Waals surface area contributed by atoms with E-state index in [0.717, 1.165) is 29.5 Å². The fraction of sp³-hybridized carbons (Fsp3) is 0.500. The number of aromatic hydroxyl groups is 1. The zero-order chi connectivity index (χ0) is 15.8. The Morgan fingerprint density at radius 1 is 0.905 bits per heavy atom. The maximum absolute atomic E-state index is 10.8. The maximum Gasteiger partial charge on any atom is 0.127 e. The molecular weight excluding hydrogens is 256 g/mol. The minimum atomic E-state index is -0.0704. The van der Waals surface area contributed by atoms with Crippen LogP contribution in [0.5, 0.6) is 5.75 Å². The quantitative estimate of drug-likeness (QED) is 0.699. The highest BCUT2D eigenvalue weighted by molar-refractivity contribution is 5.80. The summed E-state index contributed by atoms with van der Waals surface area (Å²) >= 11 is 0. The first-order valence-electron chi connectivity index (χ1n) is 7.86. The van der Waals surface area contributed by atoms with Crippen LogP contribution in [0.2, 0.25) is 0 Å². The lowest BCUT2D eigenvalue weighted by Crippen LogP contribution is -2.17. The molecule has 1 aromatic carbocycles. The Hall–Kier alpha value is -1.50. The van der Waals surface area contributed by atoms with Crippen LogP contribution >= 0.6 is 0 Å². The Kier molecular flexibility index (Phi) is 4.06. The molecule has 0 atom stereocenters. The highest BCUT2D eigenvalue weighted by Crippen LogP contribution is 2.41. The molecule has 0 fully saturated rings. The Balaban J connectivity index is 2.69. The van der Waals surface area contributed by atoms with Gasteiger partial charge in [-0.05, 0) is 40.9 Å². The monoisotopic (exact) mass is 284 g/mol. The highest BCUT2D eigenvalue weighted by atomic mass is 16.3. The van der Waals surface area contributed by atoms with Crippen LogP contribution in [0.25, 0.3) is 5.57 Å². The van der Waals surface area contributed by atoms with Gasteiger partial charge in [0.1, 0.15) is 5.75 Å². The average Bonchev–Trinajstić information content (AvgIpc) is 2.37. The van der Waals surface area contributed by atoms with Crippen molar-refractivity contribution in [2.24, 2.45) is 0 Å². The van der Waals surface area contributed by atoms with Gasteiger partial charge in [-0.2, -0.15) is 0 Å². The first-order chi connectivity index (χ1) is 9.60. The SMILES string of the molecule is CC(C)(C)c1cc(C2=CCCC=C2)c(O)c(C(C)(C)C)c1. The van der Waals surface area contributed by atoms with Gasteiger partial charge in [-0.1, -0.05) is 65.8 Å². The van der Waals surface area contributed by atoms with Crippen LogP contribution in [0, 0.1) is 0 Å². The molecule has 1 N–H and O–H groups in total. The standard InChI is InChI=1S/C20H28O/c1-19(2,3)15-12-16(14-10-8-7-9-11-14)18(21)17(13-15)20(4,5)6/h8,10-13,21H,7,9H2,1-6H3. The lowest BCUT2D eigenvalue weighted by atomic mass is 9.78. The van der Waals surface area contributed by atoms with E-state index in [0.29, 0.717) is 5.75 Å². The molecule has 0 spiro atoms. The highest BCUT2D eigenvalue weighted by Gasteiger charge is 2.25. The molecule has 0 aromatic heterocycles. The summed E-state index contributed by atoms with van der Waals surface area (Å²) in [6.45, 7) is 13.1. The molecule has 1 aliphatic rings. The summed E-state index contributed by atoms with van der Waals surface area (Å²) in [7, 11) is 0. The molecule has 1 heteroatoms. The first-order valence-corrected chi connectivity index (χ1v) is 7.86. The van der Waals surface area contributed by atoms with E-state index in [1.165, 1.54) is 5.56 Å². The van der Waals surface area contributed by atoms with Crippen LogP contribution in [0.4, 0.5) is 0 Å². The summed E-state index contributed by atoms with van der Waals surface area (Å²) in [4.78, 5) is 0. The van der Waals surface area contributed by atoms with Crippen LogP contribution in [0.15, 0.2) is 30.4 Å². The fourth-order valence-electron chi connectivity index (χ4n) is 2.67. The number of rotatable bonds is 1. The van der Waals surface area contributed by atoms with Crippen molar-refractivity contribution in [2.75, 3.05) is 0 Å². The van der Waals surface area contributed by atoms with Crippen LogP contribution in [0.3, 0.4) is 0 Å². The molecule has 0 unspecified atom stereocenters. The lowest BCUT2D eigenvalue weighted by Gasteiger charge is -2.28. The summed E-state index contributed by atoms with van der Waals surface area (Å²) < 4.78 is 0. The van der Waals surface area contributed by atoms with Crippen molar-refractivity contribution in [3.05, 3.63) is 47.1 Å². The minimum absolute atomic E-state index is 0.0704. The number of benzene rings is 1. The van der Waals surface area contributed by atoms with Crippen molar-refractivity contribution >= 4 is 5.57 Å². The molecule has 0 bridgehead atoms. The predicted molar refractivity (Wildman–Crippen MR) is 91.9 cm³/mol. The van der Waals surface area contributed by atoms with Gasteiger partial charge in [0, 0.05) is 11.1 Å². The molecule has 0 heterocycles. The number of phenols is 1. The van der Waals surface area contributed by atoms with Crippen LogP contribution in [0.1, 0.15) is 71.1 Å². The molecule has 1 nitrogen and oxygen atoms in total. The summed E-state index contributed by atoms with van der Waals surface area (Å²) in [5.41, 5.74) is 4.43. The Morgan fingerprint density at radius 2 is 1.57 bits per heavy atom. The Labute approximate surface area is 129 Å². The third kappa shape index (κ3) is 3.40. The third-order valence-corrected chi connectivity index (χ3v) is 4.09. The summed E-state index contributed by atoms with van der Waals surface area (Å²) in [5, 5.41) is 10.8. The van der Waals surface area contributed by atoms with E-state index in [1.807, 2.05) is 0 Å². The molecule has 1 aromatic rings. The molecule has 21 heavy (non-hydrogen) atoms. The molecule has 114 valence electrons. The summed E-state index contributed by atoms with van der Waals surface area (Å²) in [6, 6.07) is 4.33. The number of hydrogen-bond donors (Lipinski definition) is 1. The van der Waals surface area contributed by atoms with Crippen LogP contribution in [-0.2, 0) is 10.8 Å². The lowest BCUT2D eigenvalue weighted by molar-refractivity contribution is 0.443. The summed E-state index contributed by atoms with van der Waals surface area (Å²) in [6.07, 6.45) is 8.70. The van der Waals surface area contributed by atoms with E-state index >= 15 is 0 Å². The van der Waals surface area contributed by atoms with Gasteiger partial charge in [0.25, 0.3) is 0 Å². The van der Waals surface area contributed by atoms with Crippen molar-refractivity contribution < 1.29 is 5.11 Å². The Morgan fingerprint density at radius 3 is 2.05 bits per heavy atom. The zero-order valence-corrected chi connectivity index (χ0v) is 14.2. The van der Waals surface area contributed by atoms with Gasteiger partial charge < -0.3 is 5.11 Å². The molecular formula is C20H28O. The van der Waals surface area contributed by atoms with Gasteiger partial charge in [-0.3, -0.25) is 0 Å². The molecule has 0 saturated carbocycles. The third-order valence-electron chi connectivity index (χ3n) is 4.09. The second-order valence-corrected chi connectivity index (χ2v) is 8.06. The normalized spacial score (nSPS) is 16.0. The molecule has 1 aliphatic carbocycles. The van der Waals surface area contributed by atoms with Crippen molar-refractivity contribution in [3.63, 3.8) is 0 Å². The topological polar surface area (TPSA) is 20.2 Å². The Bertz CT molecular complexity index is 589. The van der Waals surface area contributed by atoms with Gasteiger partial charge in [0.2, 0.25) is 0 Å². The molecule has 0 amide bonds. The van der Waals surface area contributed by atoms with Crippen molar-refractivity contribution in [2.45, 2.75) is 65.2 Å². The van der Waals surface area contributed by atoms with Gasteiger partial charge in [-0.25, -0.2) is 0 Å². The van der Waals surface area contributed by atoms with Gasteiger partial charge in [0.05, 0.1) is 0 Å². The second-order valence-electron chi connectivity index (χ2n) is 8.06. The van der Waals surface area contributed by atoms with Gasteiger partial charge in [0.15, 0.2) is 0 Å². The smallest absolute Gasteiger partial charge is 0.127 e. The van der Waals surface area contributed by atoms with Crippen LogP contribution in [-0.4, -0.2) is 5.11 Å². The molecule has 0 aliphatic heterocycles. The predicted octanol–water partition coefficient (Wildman–Crippen LogP) is 5.72. The van der Waals surface area contributed by atoms with Crippen molar-refractivity contribution in [1.29, 1.82) is 0 Å². The first kappa shape index (κ1) is 15.9. The van der Waals surface area contributed by atoms with Crippen molar-refractivity contribution in [3.8, 4) is 5.75 Å². The van der Waals surface area contributed by atoms with E-state index in [9.17, 15) is 5.11 Å². The minimum Gasteiger partial charge on any atom is -0.507 e. The van der Waals surface area contributed by atoms with Gasteiger partial charge >= 0.3 is 0 Å². The van der Waals surface area contributed by atoms with Crippen molar-refractivity contribution in [1.82, 2.24) is 0 Å². The number of hydrogen-bond acceptors (Lipinski definition) is 1. The number of allylic oxidation sites excluding steroid dienone is 4. The number of phenolic OH excluding ortho intramolecular Hbond substituents is 1.